The van der Waals surface area contributed by atoms with Gasteiger partial charge in [-0.3, -0.25) is 9.78 Å². The molecule has 6 heteroatoms. The maximum absolute atomic E-state index is 12.8. The largest absolute Gasteiger partial charge is 0.369 e. The van der Waals surface area contributed by atoms with Crippen LogP contribution in [0.15, 0.2) is 36.5 Å². The van der Waals surface area contributed by atoms with Crippen molar-refractivity contribution in [3.05, 3.63) is 47.8 Å². The molecule has 0 spiro atoms. The van der Waals surface area contributed by atoms with E-state index in [1.165, 1.54) is 41.6 Å². The summed E-state index contributed by atoms with van der Waals surface area (Å²) >= 11 is 0. The van der Waals surface area contributed by atoms with Crippen LogP contribution in [-0.4, -0.2) is 35.0 Å². The lowest BCUT2D eigenvalue weighted by Crippen LogP contribution is -2.28. The highest BCUT2D eigenvalue weighted by molar-refractivity contribution is 5.97. The SMILES string of the molecule is N[C@H]1CCN(c2c3c(nc4ccc(-c5ccnc(NC(=O)C6CCCCC6)c5)cc24)CCCC3)C1. The number of amides is 1. The molecule has 3 heterocycles. The molecule has 6 nitrogen and oxygen atoms in total. The minimum atomic E-state index is 0.108. The summed E-state index contributed by atoms with van der Waals surface area (Å²) in [6, 6.07) is 10.8. The van der Waals surface area contributed by atoms with Crippen LogP contribution in [0.3, 0.4) is 0 Å². The number of anilines is 2. The summed E-state index contributed by atoms with van der Waals surface area (Å²) in [7, 11) is 0. The molecule has 3 aliphatic rings. The fourth-order valence-corrected chi connectivity index (χ4v) is 6.20. The molecule has 0 unspecified atom stereocenters. The van der Waals surface area contributed by atoms with Gasteiger partial charge < -0.3 is 16.0 Å². The molecule has 1 atom stereocenters. The Hall–Kier alpha value is -2.99. The van der Waals surface area contributed by atoms with E-state index < -0.39 is 0 Å². The van der Waals surface area contributed by atoms with Gasteiger partial charge in [0.2, 0.25) is 5.91 Å². The Morgan fingerprint density at radius 1 is 0.971 bits per heavy atom. The van der Waals surface area contributed by atoms with E-state index in [0.29, 0.717) is 5.82 Å². The molecule has 3 N–H and O–H groups in total. The fourth-order valence-electron chi connectivity index (χ4n) is 6.20. The van der Waals surface area contributed by atoms with Crippen molar-refractivity contribution in [2.24, 2.45) is 11.7 Å². The minimum Gasteiger partial charge on any atom is -0.369 e. The van der Waals surface area contributed by atoms with E-state index in [0.717, 1.165) is 74.7 Å². The van der Waals surface area contributed by atoms with Crippen molar-refractivity contribution in [2.45, 2.75) is 70.3 Å². The molecule has 0 bridgehead atoms. The number of nitrogens with one attached hydrogen (secondary N) is 1. The molecule has 35 heavy (non-hydrogen) atoms. The highest BCUT2D eigenvalue weighted by Crippen LogP contribution is 2.39. The van der Waals surface area contributed by atoms with Crippen LogP contribution in [0.4, 0.5) is 11.5 Å². The Morgan fingerprint density at radius 2 is 1.80 bits per heavy atom. The van der Waals surface area contributed by atoms with Crippen LogP contribution in [0, 0.1) is 5.92 Å². The van der Waals surface area contributed by atoms with Crippen LogP contribution in [0.2, 0.25) is 0 Å². The summed E-state index contributed by atoms with van der Waals surface area (Å²) in [5, 5.41) is 4.29. The summed E-state index contributed by atoms with van der Waals surface area (Å²) in [6.45, 7) is 1.91. The van der Waals surface area contributed by atoms with Gasteiger partial charge in [-0.1, -0.05) is 25.3 Å². The molecule has 1 amide bonds. The quantitative estimate of drug-likeness (QED) is 0.546. The Balaban J connectivity index is 1.36. The molecule has 0 radical (unpaired) electrons. The predicted octanol–water partition coefficient (Wildman–Crippen LogP) is 5.23. The minimum absolute atomic E-state index is 0.108. The highest BCUT2D eigenvalue weighted by atomic mass is 16.1. The molecule has 2 fully saturated rings. The molecule has 3 aromatic rings. The number of aromatic nitrogens is 2. The number of aryl methyl sites for hydroxylation is 1. The third-order valence-electron chi connectivity index (χ3n) is 8.09. The van der Waals surface area contributed by atoms with Gasteiger partial charge in [-0.2, -0.15) is 0 Å². The topological polar surface area (TPSA) is 84.1 Å². The second-order valence-electron chi connectivity index (χ2n) is 10.6. The number of pyridine rings is 2. The lowest BCUT2D eigenvalue weighted by molar-refractivity contribution is -0.120. The van der Waals surface area contributed by atoms with Gasteiger partial charge in [0, 0.05) is 42.3 Å². The molecule has 1 aliphatic heterocycles. The average Bonchev–Trinajstić information content (AvgIpc) is 3.33. The van der Waals surface area contributed by atoms with Gasteiger partial charge in [0.25, 0.3) is 0 Å². The number of nitrogens with zero attached hydrogens (tertiary/aromatic N) is 3. The molecule has 2 aliphatic carbocycles. The third kappa shape index (κ3) is 4.52. The molecule has 2 aromatic heterocycles. The van der Waals surface area contributed by atoms with E-state index in [-0.39, 0.29) is 17.9 Å². The van der Waals surface area contributed by atoms with E-state index in [1.807, 2.05) is 12.1 Å². The summed E-state index contributed by atoms with van der Waals surface area (Å²) < 4.78 is 0. The van der Waals surface area contributed by atoms with Crippen molar-refractivity contribution < 1.29 is 4.79 Å². The van der Waals surface area contributed by atoms with Crippen molar-refractivity contribution >= 4 is 28.3 Å². The third-order valence-corrected chi connectivity index (χ3v) is 8.09. The summed E-state index contributed by atoms with van der Waals surface area (Å²) in [4.78, 5) is 24.8. The average molecular weight is 470 g/mol. The monoisotopic (exact) mass is 469 g/mol. The van der Waals surface area contributed by atoms with Crippen molar-refractivity contribution in [3.8, 4) is 11.1 Å². The first-order chi connectivity index (χ1) is 17.2. The summed E-state index contributed by atoms with van der Waals surface area (Å²) in [5.41, 5.74) is 13.6. The molecule has 1 saturated heterocycles. The van der Waals surface area contributed by atoms with Gasteiger partial charge in [-0.15, -0.1) is 0 Å². The standard InChI is InChI=1S/C29H35N5O/c30-22-13-15-34(18-22)28-23-8-4-5-9-25(23)32-26-11-10-20(16-24(26)28)21-12-14-31-27(17-21)33-29(35)19-6-2-1-3-7-19/h10-12,14,16-17,19,22H,1-9,13,15,18,30H2,(H,31,33,35)/t22-/m0/s1. The molecule has 1 aromatic carbocycles. The van der Waals surface area contributed by atoms with Gasteiger partial charge >= 0.3 is 0 Å². The maximum Gasteiger partial charge on any atom is 0.228 e. The van der Waals surface area contributed by atoms with Gasteiger partial charge in [0.1, 0.15) is 5.82 Å². The molecule has 182 valence electrons. The number of rotatable bonds is 4. The van der Waals surface area contributed by atoms with Crippen LogP contribution in [0.1, 0.15) is 62.6 Å². The van der Waals surface area contributed by atoms with Crippen molar-refractivity contribution in [2.75, 3.05) is 23.3 Å². The summed E-state index contributed by atoms with van der Waals surface area (Å²) in [5.74, 6) is 0.852. The van der Waals surface area contributed by atoms with Gasteiger partial charge in [-0.05, 0) is 85.9 Å². The van der Waals surface area contributed by atoms with E-state index in [9.17, 15) is 4.79 Å². The first-order valence-corrected chi connectivity index (χ1v) is 13.4. The number of nitrogens with two attached hydrogens (primary N) is 1. The van der Waals surface area contributed by atoms with Crippen molar-refractivity contribution in [3.63, 3.8) is 0 Å². The second-order valence-corrected chi connectivity index (χ2v) is 10.6. The van der Waals surface area contributed by atoms with Gasteiger partial charge in [0.15, 0.2) is 0 Å². The number of carbonyl (C=O) groups excluding carboxylic acids is 1. The van der Waals surface area contributed by atoms with E-state index in [4.69, 9.17) is 10.7 Å². The number of carbonyl (C=O) groups is 1. The first-order valence-electron chi connectivity index (χ1n) is 13.4. The Kier molecular flexibility index (Phi) is 6.15. The van der Waals surface area contributed by atoms with Crippen LogP contribution >= 0.6 is 0 Å². The van der Waals surface area contributed by atoms with E-state index in [1.54, 1.807) is 6.20 Å². The van der Waals surface area contributed by atoms with Gasteiger partial charge in [0.05, 0.1) is 11.2 Å². The van der Waals surface area contributed by atoms with Crippen LogP contribution in [0.5, 0.6) is 0 Å². The van der Waals surface area contributed by atoms with Crippen molar-refractivity contribution in [1.29, 1.82) is 0 Å². The zero-order chi connectivity index (χ0) is 23.8. The zero-order valence-electron chi connectivity index (χ0n) is 20.4. The normalized spacial score (nSPS) is 20.7. The molecular weight excluding hydrogens is 434 g/mol. The molecule has 1 saturated carbocycles. The van der Waals surface area contributed by atoms with Crippen molar-refractivity contribution in [1.82, 2.24) is 9.97 Å². The number of fused-ring (bicyclic) bond motifs is 2. The van der Waals surface area contributed by atoms with Crippen LogP contribution < -0.4 is 16.0 Å². The zero-order valence-corrected chi connectivity index (χ0v) is 20.4. The second kappa shape index (κ2) is 9.57. The van der Waals surface area contributed by atoms with E-state index >= 15 is 0 Å². The maximum atomic E-state index is 12.8. The number of hydrogen-bond acceptors (Lipinski definition) is 5. The lowest BCUT2D eigenvalue weighted by atomic mass is 9.88. The molecule has 6 rings (SSSR count). The molecular formula is C29H35N5O. The summed E-state index contributed by atoms with van der Waals surface area (Å²) in [6.07, 6.45) is 12.9. The smallest absolute Gasteiger partial charge is 0.228 e. The van der Waals surface area contributed by atoms with Crippen LogP contribution in [-0.2, 0) is 17.6 Å². The highest BCUT2D eigenvalue weighted by Gasteiger charge is 2.27. The Bertz CT molecular complexity index is 1250. The fraction of sp³-hybridized carbons (Fsp3) is 0.483. The number of benzene rings is 1. The lowest BCUT2D eigenvalue weighted by Gasteiger charge is -2.28. The van der Waals surface area contributed by atoms with Crippen LogP contribution in [0.25, 0.3) is 22.0 Å². The van der Waals surface area contributed by atoms with Gasteiger partial charge in [-0.25, -0.2) is 4.98 Å². The predicted molar refractivity (Wildman–Crippen MR) is 142 cm³/mol. The Morgan fingerprint density at radius 3 is 2.63 bits per heavy atom. The Labute approximate surface area is 207 Å². The first kappa shape index (κ1) is 22.5. The van der Waals surface area contributed by atoms with E-state index in [2.05, 4.69) is 33.4 Å². The number of hydrogen-bond donors (Lipinski definition) is 2.